The van der Waals surface area contributed by atoms with Crippen LogP contribution in [0.2, 0.25) is 0 Å². The van der Waals surface area contributed by atoms with Gasteiger partial charge in [-0.3, -0.25) is 5.32 Å². The zero-order valence-electron chi connectivity index (χ0n) is 12.6. The van der Waals surface area contributed by atoms with Crippen molar-refractivity contribution in [2.45, 2.75) is 26.4 Å². The molecule has 0 saturated heterocycles. The Morgan fingerprint density at radius 2 is 1.62 bits per heavy atom. The fourth-order valence-corrected chi connectivity index (χ4v) is 1.57. The van der Waals surface area contributed by atoms with Gasteiger partial charge in [0.1, 0.15) is 5.60 Å². The van der Waals surface area contributed by atoms with Gasteiger partial charge in [-0.1, -0.05) is 0 Å². The van der Waals surface area contributed by atoms with Crippen molar-refractivity contribution in [1.82, 2.24) is 0 Å². The van der Waals surface area contributed by atoms with Crippen LogP contribution in [0.15, 0.2) is 12.1 Å². The highest BCUT2D eigenvalue weighted by atomic mass is 16.6. The Morgan fingerprint density at radius 3 is 2.05 bits per heavy atom. The average Bonchev–Trinajstić information content (AvgIpc) is 2.35. The number of hydrogen-bond acceptors (Lipinski definition) is 5. The molecule has 116 valence electrons. The molecule has 0 radical (unpaired) electrons. The van der Waals surface area contributed by atoms with Gasteiger partial charge >= 0.3 is 12.1 Å². The molecule has 0 atom stereocenters. The molecule has 0 aliphatic rings. The molecule has 0 heterocycles. The van der Waals surface area contributed by atoms with Crippen molar-refractivity contribution in [3.05, 3.63) is 17.7 Å². The van der Waals surface area contributed by atoms with Crippen LogP contribution in [0.1, 0.15) is 31.1 Å². The third-order valence-electron chi connectivity index (χ3n) is 2.39. The lowest BCUT2D eigenvalue weighted by molar-refractivity contribution is 0.0636. The number of nitrogens with one attached hydrogen (secondary N) is 1. The molecule has 2 N–H and O–H groups in total. The van der Waals surface area contributed by atoms with Crippen LogP contribution >= 0.6 is 0 Å². The van der Waals surface area contributed by atoms with Gasteiger partial charge in [0.05, 0.1) is 25.5 Å². The van der Waals surface area contributed by atoms with E-state index in [-0.39, 0.29) is 17.0 Å². The molecule has 0 bridgehead atoms. The maximum Gasteiger partial charge on any atom is 0.412 e. The smallest absolute Gasteiger partial charge is 0.412 e. The summed E-state index contributed by atoms with van der Waals surface area (Å²) < 4.78 is 15.2. The zero-order valence-corrected chi connectivity index (χ0v) is 12.6. The monoisotopic (exact) mass is 297 g/mol. The van der Waals surface area contributed by atoms with Crippen LogP contribution in [0.4, 0.5) is 10.5 Å². The van der Waals surface area contributed by atoms with E-state index in [4.69, 9.17) is 14.2 Å². The lowest BCUT2D eigenvalue weighted by Gasteiger charge is -2.20. The third kappa shape index (κ3) is 4.55. The van der Waals surface area contributed by atoms with E-state index >= 15 is 0 Å². The SMILES string of the molecule is COc1cc(NC(=O)OC(C)(C)C)c(C(=O)O)cc1OC. The third-order valence-corrected chi connectivity index (χ3v) is 2.39. The second-order valence-corrected chi connectivity index (χ2v) is 5.18. The Balaban J connectivity index is 3.15. The largest absolute Gasteiger partial charge is 0.493 e. The van der Waals surface area contributed by atoms with Crippen LogP contribution in [-0.2, 0) is 4.74 Å². The molecule has 0 fully saturated rings. The summed E-state index contributed by atoms with van der Waals surface area (Å²) >= 11 is 0. The van der Waals surface area contributed by atoms with Crippen molar-refractivity contribution in [1.29, 1.82) is 0 Å². The van der Waals surface area contributed by atoms with Crippen molar-refractivity contribution in [3.63, 3.8) is 0 Å². The number of carboxylic acid groups (broad SMARTS) is 1. The summed E-state index contributed by atoms with van der Waals surface area (Å²) in [7, 11) is 2.81. The Labute approximate surface area is 122 Å². The summed E-state index contributed by atoms with van der Waals surface area (Å²) in [5, 5.41) is 11.6. The first-order chi connectivity index (χ1) is 9.67. The maximum atomic E-state index is 11.8. The highest BCUT2D eigenvalue weighted by Gasteiger charge is 2.21. The number of benzene rings is 1. The van der Waals surface area contributed by atoms with Gasteiger partial charge in [0.25, 0.3) is 0 Å². The first-order valence-corrected chi connectivity index (χ1v) is 6.17. The number of ether oxygens (including phenoxy) is 3. The fraction of sp³-hybridized carbons (Fsp3) is 0.429. The van der Waals surface area contributed by atoms with E-state index in [9.17, 15) is 14.7 Å². The van der Waals surface area contributed by atoms with Gasteiger partial charge in [-0.15, -0.1) is 0 Å². The van der Waals surface area contributed by atoms with Crippen LogP contribution in [0, 0.1) is 0 Å². The molecule has 7 heteroatoms. The number of hydrogen-bond donors (Lipinski definition) is 2. The van der Waals surface area contributed by atoms with Gasteiger partial charge < -0.3 is 19.3 Å². The number of aromatic carboxylic acids is 1. The molecule has 0 spiro atoms. The maximum absolute atomic E-state index is 11.8. The molecule has 1 rings (SSSR count). The lowest BCUT2D eigenvalue weighted by Crippen LogP contribution is -2.27. The van der Waals surface area contributed by atoms with Gasteiger partial charge in [0.15, 0.2) is 11.5 Å². The summed E-state index contributed by atoms with van der Waals surface area (Å²) in [6, 6.07) is 2.64. The Kier molecular flexibility index (Phi) is 5.02. The molecule has 0 aromatic heterocycles. The first-order valence-electron chi connectivity index (χ1n) is 6.17. The van der Waals surface area contributed by atoms with E-state index in [1.165, 1.54) is 26.4 Å². The Bertz CT molecular complexity index is 547. The second-order valence-electron chi connectivity index (χ2n) is 5.18. The summed E-state index contributed by atoms with van der Waals surface area (Å²) in [5.74, 6) is -0.653. The molecule has 0 aliphatic heterocycles. The van der Waals surface area contributed by atoms with E-state index in [2.05, 4.69) is 5.32 Å². The quantitative estimate of drug-likeness (QED) is 0.887. The average molecular weight is 297 g/mol. The minimum absolute atomic E-state index is 0.0643. The predicted octanol–water partition coefficient (Wildman–Crippen LogP) is 2.75. The highest BCUT2D eigenvalue weighted by Crippen LogP contribution is 2.33. The van der Waals surface area contributed by atoms with Crippen LogP contribution in [0.25, 0.3) is 0 Å². The van der Waals surface area contributed by atoms with Gasteiger partial charge in [-0.05, 0) is 20.8 Å². The minimum atomic E-state index is -1.21. The molecule has 0 unspecified atom stereocenters. The number of anilines is 1. The van der Waals surface area contributed by atoms with Crippen molar-refractivity contribution < 1.29 is 28.9 Å². The number of carbonyl (C=O) groups is 2. The standard InChI is InChI=1S/C14H19NO6/c1-14(2,3)21-13(18)15-9-7-11(20-5)10(19-4)6-8(9)12(16)17/h6-7H,1-5H3,(H,15,18)(H,16,17). The van der Waals surface area contributed by atoms with E-state index in [0.29, 0.717) is 5.75 Å². The topological polar surface area (TPSA) is 94.1 Å². The molecule has 0 aliphatic carbocycles. The van der Waals surface area contributed by atoms with E-state index in [0.717, 1.165) is 0 Å². The van der Waals surface area contributed by atoms with Crippen molar-refractivity contribution in [2.24, 2.45) is 0 Å². The van der Waals surface area contributed by atoms with Gasteiger partial charge in [0.2, 0.25) is 0 Å². The normalized spacial score (nSPS) is 10.7. The number of carboxylic acids is 1. The molecule has 21 heavy (non-hydrogen) atoms. The van der Waals surface area contributed by atoms with Crippen LogP contribution < -0.4 is 14.8 Å². The first kappa shape index (κ1) is 16.6. The summed E-state index contributed by atoms with van der Waals surface area (Å²) in [5.41, 5.74) is -0.753. The number of methoxy groups -OCH3 is 2. The summed E-state index contributed by atoms with van der Waals surface area (Å²) in [6.07, 6.45) is -0.753. The molecule has 1 aromatic rings. The Morgan fingerprint density at radius 1 is 1.10 bits per heavy atom. The van der Waals surface area contributed by atoms with E-state index in [1.54, 1.807) is 20.8 Å². The van der Waals surface area contributed by atoms with Crippen molar-refractivity contribution in [2.75, 3.05) is 19.5 Å². The molecule has 0 saturated carbocycles. The van der Waals surface area contributed by atoms with Crippen LogP contribution in [0.5, 0.6) is 11.5 Å². The fourth-order valence-electron chi connectivity index (χ4n) is 1.57. The molecular formula is C14H19NO6. The number of carbonyl (C=O) groups excluding carboxylic acids is 1. The lowest BCUT2D eigenvalue weighted by atomic mass is 10.1. The Hall–Kier alpha value is -2.44. The predicted molar refractivity (Wildman–Crippen MR) is 76.4 cm³/mol. The molecule has 7 nitrogen and oxygen atoms in total. The van der Waals surface area contributed by atoms with Gasteiger partial charge in [-0.2, -0.15) is 0 Å². The van der Waals surface area contributed by atoms with Crippen LogP contribution in [-0.4, -0.2) is 37.0 Å². The number of amides is 1. The van der Waals surface area contributed by atoms with Gasteiger partial charge in [0, 0.05) is 12.1 Å². The summed E-state index contributed by atoms with van der Waals surface area (Å²) in [6.45, 7) is 5.12. The van der Waals surface area contributed by atoms with Crippen molar-refractivity contribution >= 4 is 17.7 Å². The number of rotatable bonds is 4. The van der Waals surface area contributed by atoms with Crippen molar-refractivity contribution in [3.8, 4) is 11.5 Å². The molecule has 1 aromatic carbocycles. The molecular weight excluding hydrogens is 278 g/mol. The second kappa shape index (κ2) is 6.34. The van der Waals surface area contributed by atoms with E-state index in [1.807, 2.05) is 0 Å². The zero-order chi connectivity index (χ0) is 16.2. The van der Waals surface area contributed by atoms with E-state index < -0.39 is 17.7 Å². The molecule has 1 amide bonds. The summed E-state index contributed by atoms with van der Waals surface area (Å²) in [4.78, 5) is 23.0. The minimum Gasteiger partial charge on any atom is -0.493 e. The highest BCUT2D eigenvalue weighted by molar-refractivity contribution is 5.99. The van der Waals surface area contributed by atoms with Gasteiger partial charge in [-0.25, -0.2) is 9.59 Å². The van der Waals surface area contributed by atoms with Crippen LogP contribution in [0.3, 0.4) is 0 Å².